The molecule has 9 heteroatoms. The van der Waals surface area contributed by atoms with Gasteiger partial charge in [-0.2, -0.15) is 15.4 Å². The van der Waals surface area contributed by atoms with Gasteiger partial charge in [-0.05, 0) is 53.8 Å². The van der Waals surface area contributed by atoms with Crippen molar-refractivity contribution in [3.63, 3.8) is 0 Å². The number of carbonyl (C=O) groups excluding carboxylic acids is 2. The normalized spacial score (nSPS) is 10.4. The lowest BCUT2D eigenvalue weighted by Gasteiger charge is -2.14. The van der Waals surface area contributed by atoms with Gasteiger partial charge in [0.05, 0.1) is 15.7 Å². The van der Waals surface area contributed by atoms with Gasteiger partial charge in [-0.1, -0.05) is 18.2 Å². The van der Waals surface area contributed by atoms with Crippen LogP contribution in [-0.2, 0) is 0 Å². The first-order valence-electron chi connectivity index (χ1n) is 7.95. The van der Waals surface area contributed by atoms with Gasteiger partial charge in [-0.3, -0.25) is 4.79 Å². The number of benzene rings is 2. The van der Waals surface area contributed by atoms with E-state index >= 15 is 0 Å². The van der Waals surface area contributed by atoms with Gasteiger partial charge in [0.15, 0.2) is 17.2 Å². The molecule has 1 amide bonds. The topological polar surface area (TPSA) is 120 Å². The number of primary amides is 1. The highest BCUT2D eigenvalue weighted by Crippen LogP contribution is 2.38. The molecule has 0 saturated carbocycles. The summed E-state index contributed by atoms with van der Waals surface area (Å²) < 4.78 is 11.8. The SMILES string of the molecule is CCOc1cc(-c2n[nH]nc2C(N)=O)cc(I)c1OC(=O)c1ccccc1. The third-order valence-electron chi connectivity index (χ3n) is 3.57. The molecule has 0 radical (unpaired) electrons. The summed E-state index contributed by atoms with van der Waals surface area (Å²) in [7, 11) is 0. The molecule has 0 aliphatic carbocycles. The number of amides is 1. The highest BCUT2D eigenvalue weighted by atomic mass is 127. The van der Waals surface area contributed by atoms with E-state index in [2.05, 4.69) is 15.4 Å². The van der Waals surface area contributed by atoms with Crippen molar-refractivity contribution >= 4 is 34.5 Å². The summed E-state index contributed by atoms with van der Waals surface area (Å²) in [5, 5.41) is 10.1. The van der Waals surface area contributed by atoms with E-state index in [-0.39, 0.29) is 5.69 Å². The summed E-state index contributed by atoms with van der Waals surface area (Å²) >= 11 is 2.03. The molecule has 0 atom stereocenters. The Hall–Kier alpha value is -2.95. The first kappa shape index (κ1) is 18.8. The second kappa shape index (κ2) is 8.16. The predicted octanol–water partition coefficient (Wildman–Crippen LogP) is 2.79. The Labute approximate surface area is 168 Å². The molecule has 1 heterocycles. The Morgan fingerprint density at radius 3 is 2.59 bits per heavy atom. The van der Waals surface area contributed by atoms with Crippen LogP contribution < -0.4 is 15.2 Å². The molecule has 8 nitrogen and oxygen atoms in total. The first-order valence-corrected chi connectivity index (χ1v) is 9.03. The maximum Gasteiger partial charge on any atom is 0.343 e. The highest BCUT2D eigenvalue weighted by Gasteiger charge is 2.21. The summed E-state index contributed by atoms with van der Waals surface area (Å²) in [6.45, 7) is 2.17. The molecule has 0 aliphatic heterocycles. The molecule has 0 bridgehead atoms. The Balaban J connectivity index is 2.01. The lowest BCUT2D eigenvalue weighted by Crippen LogP contribution is -2.13. The fourth-order valence-electron chi connectivity index (χ4n) is 2.40. The first-order chi connectivity index (χ1) is 13.0. The minimum atomic E-state index is -0.703. The van der Waals surface area contributed by atoms with Crippen LogP contribution in [0.5, 0.6) is 11.5 Å². The summed E-state index contributed by atoms with van der Waals surface area (Å²) in [5.74, 6) is -0.561. The van der Waals surface area contributed by atoms with Gasteiger partial charge < -0.3 is 15.2 Å². The number of hydrogen-bond acceptors (Lipinski definition) is 6. The van der Waals surface area contributed by atoms with Gasteiger partial charge in [-0.15, -0.1) is 0 Å². The van der Waals surface area contributed by atoms with E-state index in [4.69, 9.17) is 15.2 Å². The zero-order chi connectivity index (χ0) is 19.4. The molecule has 3 rings (SSSR count). The van der Waals surface area contributed by atoms with Crippen LogP contribution in [0.2, 0.25) is 0 Å². The van der Waals surface area contributed by atoms with Gasteiger partial charge in [0.25, 0.3) is 5.91 Å². The van der Waals surface area contributed by atoms with E-state index in [0.717, 1.165) is 0 Å². The zero-order valence-corrected chi connectivity index (χ0v) is 16.4. The van der Waals surface area contributed by atoms with Crippen LogP contribution in [0.15, 0.2) is 42.5 Å². The van der Waals surface area contributed by atoms with Crippen molar-refractivity contribution in [1.82, 2.24) is 15.4 Å². The second-order valence-corrected chi connectivity index (χ2v) is 6.52. The van der Waals surface area contributed by atoms with E-state index in [1.54, 1.807) is 36.4 Å². The van der Waals surface area contributed by atoms with Gasteiger partial charge in [-0.25, -0.2) is 4.79 Å². The van der Waals surface area contributed by atoms with Crippen LogP contribution in [0, 0.1) is 3.57 Å². The zero-order valence-electron chi connectivity index (χ0n) is 14.2. The third kappa shape index (κ3) is 4.08. The number of aromatic nitrogens is 3. The monoisotopic (exact) mass is 478 g/mol. The number of ether oxygens (including phenoxy) is 2. The maximum absolute atomic E-state index is 12.4. The van der Waals surface area contributed by atoms with Gasteiger partial charge in [0.2, 0.25) is 0 Å². The molecular formula is C18H15IN4O4. The Morgan fingerprint density at radius 2 is 1.93 bits per heavy atom. The summed E-state index contributed by atoms with van der Waals surface area (Å²) in [5.41, 5.74) is 6.62. The molecule has 3 aromatic rings. The molecule has 2 aromatic carbocycles. The largest absolute Gasteiger partial charge is 0.490 e. The van der Waals surface area contributed by atoms with Crippen LogP contribution in [0.25, 0.3) is 11.3 Å². The van der Waals surface area contributed by atoms with Crippen LogP contribution in [-0.4, -0.2) is 33.9 Å². The van der Waals surface area contributed by atoms with E-state index in [9.17, 15) is 9.59 Å². The van der Waals surface area contributed by atoms with Crippen LogP contribution in [0.1, 0.15) is 27.8 Å². The predicted molar refractivity (Wildman–Crippen MR) is 106 cm³/mol. The molecule has 27 heavy (non-hydrogen) atoms. The molecule has 138 valence electrons. The average Bonchev–Trinajstić information content (AvgIpc) is 3.15. The lowest BCUT2D eigenvalue weighted by molar-refractivity contribution is 0.0726. The van der Waals surface area contributed by atoms with Crippen LogP contribution in [0.3, 0.4) is 0 Å². The lowest BCUT2D eigenvalue weighted by atomic mass is 10.1. The minimum Gasteiger partial charge on any atom is -0.490 e. The van der Waals surface area contributed by atoms with E-state index in [1.165, 1.54) is 0 Å². The molecule has 0 fully saturated rings. The molecule has 0 aliphatic rings. The molecule has 0 unspecified atom stereocenters. The van der Waals surface area contributed by atoms with Crippen molar-refractivity contribution in [2.75, 3.05) is 6.61 Å². The number of esters is 1. The van der Waals surface area contributed by atoms with E-state index < -0.39 is 11.9 Å². The smallest absolute Gasteiger partial charge is 0.343 e. The maximum atomic E-state index is 12.4. The standard InChI is InChI=1S/C18H15IN4O4/c1-2-26-13-9-11(14-15(17(20)24)22-23-21-14)8-12(19)16(13)27-18(25)10-6-4-3-5-7-10/h3-9H,2H2,1H3,(H2,20,24)(H,21,22,23). The van der Waals surface area contributed by atoms with Crippen molar-refractivity contribution in [2.45, 2.75) is 6.92 Å². The van der Waals surface area contributed by atoms with Gasteiger partial charge in [0, 0.05) is 5.56 Å². The average molecular weight is 478 g/mol. The number of halogens is 1. The summed E-state index contributed by atoms with van der Waals surface area (Å²) in [6.07, 6.45) is 0. The van der Waals surface area contributed by atoms with E-state index in [0.29, 0.717) is 38.5 Å². The van der Waals surface area contributed by atoms with Crippen molar-refractivity contribution in [3.8, 4) is 22.8 Å². The molecule has 3 N–H and O–H groups in total. The highest BCUT2D eigenvalue weighted by molar-refractivity contribution is 14.1. The number of aromatic amines is 1. The number of nitrogens with zero attached hydrogens (tertiary/aromatic N) is 2. The molecule has 1 aromatic heterocycles. The number of hydrogen-bond donors (Lipinski definition) is 2. The number of H-pyrrole nitrogens is 1. The van der Waals surface area contributed by atoms with Crippen molar-refractivity contribution in [2.24, 2.45) is 5.73 Å². The van der Waals surface area contributed by atoms with Crippen LogP contribution in [0.4, 0.5) is 0 Å². The second-order valence-electron chi connectivity index (χ2n) is 5.36. The number of nitrogens with two attached hydrogens (primary N) is 1. The van der Waals surface area contributed by atoms with Crippen LogP contribution >= 0.6 is 22.6 Å². The van der Waals surface area contributed by atoms with Gasteiger partial charge >= 0.3 is 5.97 Å². The number of rotatable bonds is 6. The van der Waals surface area contributed by atoms with Gasteiger partial charge in [0.1, 0.15) is 5.69 Å². The summed E-state index contributed by atoms with van der Waals surface area (Å²) in [4.78, 5) is 23.9. The summed E-state index contributed by atoms with van der Waals surface area (Å²) in [6, 6.07) is 12.0. The quantitative estimate of drug-likeness (QED) is 0.320. The molecule has 0 saturated heterocycles. The Bertz CT molecular complexity index is 988. The van der Waals surface area contributed by atoms with Crippen molar-refractivity contribution in [1.29, 1.82) is 0 Å². The fraction of sp³-hybridized carbons (Fsp3) is 0.111. The molecule has 0 spiro atoms. The Morgan fingerprint density at radius 1 is 1.19 bits per heavy atom. The number of nitrogens with one attached hydrogen (secondary N) is 1. The molecular weight excluding hydrogens is 463 g/mol. The number of carbonyl (C=O) groups is 2. The van der Waals surface area contributed by atoms with Crippen molar-refractivity contribution < 1.29 is 19.1 Å². The Kier molecular flexibility index (Phi) is 5.69. The fourth-order valence-corrected chi connectivity index (χ4v) is 3.11. The third-order valence-corrected chi connectivity index (χ3v) is 4.37. The van der Waals surface area contributed by atoms with E-state index in [1.807, 2.05) is 35.6 Å². The minimum absolute atomic E-state index is 0.0160. The van der Waals surface area contributed by atoms with Crippen molar-refractivity contribution in [3.05, 3.63) is 57.3 Å².